The quantitative estimate of drug-likeness (QED) is 0.911. The zero-order valence-corrected chi connectivity index (χ0v) is 12.4. The summed E-state index contributed by atoms with van der Waals surface area (Å²) in [5, 5.41) is 0. The second-order valence-corrected chi connectivity index (χ2v) is 7.64. The van der Waals surface area contributed by atoms with Gasteiger partial charge in [0.25, 0.3) is 0 Å². The van der Waals surface area contributed by atoms with Crippen LogP contribution in [0.1, 0.15) is 24.9 Å². The van der Waals surface area contributed by atoms with Crippen molar-refractivity contribution in [3.05, 3.63) is 35.6 Å². The van der Waals surface area contributed by atoms with Crippen molar-refractivity contribution < 1.29 is 12.8 Å². The summed E-state index contributed by atoms with van der Waals surface area (Å²) in [5.74, 6) is 0.114. The molecule has 2 N–H and O–H groups in total. The lowest BCUT2D eigenvalue weighted by molar-refractivity contribution is 0.218. The normalized spacial score (nSPS) is 24.4. The van der Waals surface area contributed by atoms with Crippen molar-refractivity contribution in [2.45, 2.75) is 25.4 Å². The molecule has 0 aromatic heterocycles. The maximum atomic E-state index is 13.6. The van der Waals surface area contributed by atoms with Crippen molar-refractivity contribution in [2.75, 3.05) is 24.6 Å². The minimum atomic E-state index is -2.90. The fraction of sp³-hybridized carbons (Fsp3) is 0.571. The smallest absolute Gasteiger partial charge is 0.153 e. The molecular formula is C14H21FN2O2S. The number of halogens is 1. The Hall–Kier alpha value is -0.980. The minimum Gasteiger partial charge on any atom is -0.324 e. The molecule has 1 aliphatic rings. The summed E-state index contributed by atoms with van der Waals surface area (Å²) in [4.78, 5) is 2.11. The van der Waals surface area contributed by atoms with Crippen molar-refractivity contribution in [1.29, 1.82) is 0 Å². The molecule has 20 heavy (non-hydrogen) atoms. The van der Waals surface area contributed by atoms with E-state index >= 15 is 0 Å². The SMILES string of the molecule is CC1CS(=O)(=O)CCN1CCC(N)c1ccccc1F. The molecule has 0 aliphatic carbocycles. The first-order valence-corrected chi connectivity index (χ1v) is 8.65. The number of benzene rings is 1. The maximum Gasteiger partial charge on any atom is 0.153 e. The van der Waals surface area contributed by atoms with Crippen LogP contribution in [0.15, 0.2) is 24.3 Å². The Bertz CT molecular complexity index is 562. The maximum absolute atomic E-state index is 13.6. The Morgan fingerprint density at radius 1 is 1.45 bits per heavy atom. The first-order chi connectivity index (χ1) is 9.39. The first-order valence-electron chi connectivity index (χ1n) is 6.83. The van der Waals surface area contributed by atoms with Gasteiger partial charge in [-0.15, -0.1) is 0 Å². The Morgan fingerprint density at radius 2 is 2.15 bits per heavy atom. The van der Waals surface area contributed by atoms with Crippen molar-refractivity contribution >= 4 is 9.84 Å². The minimum absolute atomic E-state index is 0.00145. The zero-order chi connectivity index (χ0) is 14.8. The van der Waals surface area contributed by atoms with Crippen molar-refractivity contribution in [3.63, 3.8) is 0 Å². The van der Waals surface area contributed by atoms with Gasteiger partial charge in [0.15, 0.2) is 9.84 Å². The van der Waals surface area contributed by atoms with Crippen LogP contribution >= 0.6 is 0 Å². The molecule has 6 heteroatoms. The molecule has 0 spiro atoms. The van der Waals surface area contributed by atoms with Crippen LogP contribution in [0.5, 0.6) is 0 Å². The molecule has 1 fully saturated rings. The summed E-state index contributed by atoms with van der Waals surface area (Å²) >= 11 is 0. The van der Waals surface area contributed by atoms with E-state index in [9.17, 15) is 12.8 Å². The summed E-state index contributed by atoms with van der Waals surface area (Å²) in [6.45, 7) is 3.13. The molecule has 4 nitrogen and oxygen atoms in total. The number of nitrogens with two attached hydrogens (primary N) is 1. The van der Waals surface area contributed by atoms with Crippen LogP contribution in [-0.4, -0.2) is 44.0 Å². The molecule has 2 atom stereocenters. The molecule has 0 saturated carbocycles. The van der Waals surface area contributed by atoms with Crippen molar-refractivity contribution in [1.82, 2.24) is 4.90 Å². The fourth-order valence-corrected chi connectivity index (χ4v) is 4.23. The highest BCUT2D eigenvalue weighted by molar-refractivity contribution is 7.91. The van der Waals surface area contributed by atoms with E-state index in [-0.39, 0.29) is 29.4 Å². The second-order valence-electron chi connectivity index (χ2n) is 5.42. The van der Waals surface area contributed by atoms with E-state index in [0.717, 1.165) is 0 Å². The van der Waals surface area contributed by atoms with Gasteiger partial charge in [-0.3, -0.25) is 4.90 Å². The van der Waals surface area contributed by atoms with Crippen LogP contribution < -0.4 is 5.73 Å². The van der Waals surface area contributed by atoms with Gasteiger partial charge in [0, 0.05) is 30.7 Å². The molecular weight excluding hydrogens is 279 g/mol. The molecule has 1 aromatic carbocycles. The average Bonchev–Trinajstić information content (AvgIpc) is 2.37. The van der Waals surface area contributed by atoms with E-state index < -0.39 is 9.84 Å². The molecule has 0 radical (unpaired) electrons. The Morgan fingerprint density at radius 3 is 2.80 bits per heavy atom. The topological polar surface area (TPSA) is 63.4 Å². The van der Waals surface area contributed by atoms with Gasteiger partial charge in [0.05, 0.1) is 11.5 Å². The lowest BCUT2D eigenvalue weighted by atomic mass is 10.0. The summed E-state index contributed by atoms with van der Waals surface area (Å²) in [6, 6.07) is 6.16. The van der Waals surface area contributed by atoms with Crippen LogP contribution in [0.4, 0.5) is 4.39 Å². The lowest BCUT2D eigenvalue weighted by Gasteiger charge is -2.33. The van der Waals surface area contributed by atoms with E-state index in [1.807, 2.05) is 6.92 Å². The predicted molar refractivity (Wildman–Crippen MR) is 77.6 cm³/mol. The van der Waals surface area contributed by atoms with E-state index in [1.165, 1.54) is 6.07 Å². The van der Waals surface area contributed by atoms with Crippen LogP contribution in [0, 0.1) is 5.82 Å². The number of sulfone groups is 1. The van der Waals surface area contributed by atoms with E-state index in [0.29, 0.717) is 25.1 Å². The Labute approximate surface area is 119 Å². The highest BCUT2D eigenvalue weighted by atomic mass is 32.2. The van der Waals surface area contributed by atoms with Crippen LogP contribution in [0.3, 0.4) is 0 Å². The van der Waals surface area contributed by atoms with E-state index in [1.54, 1.807) is 18.2 Å². The second kappa shape index (κ2) is 6.20. The number of rotatable bonds is 4. The van der Waals surface area contributed by atoms with Crippen LogP contribution in [0.25, 0.3) is 0 Å². The molecule has 1 aromatic rings. The van der Waals surface area contributed by atoms with Gasteiger partial charge >= 0.3 is 0 Å². The van der Waals surface area contributed by atoms with Gasteiger partial charge in [-0.1, -0.05) is 18.2 Å². The van der Waals surface area contributed by atoms with Crippen LogP contribution in [-0.2, 0) is 9.84 Å². The van der Waals surface area contributed by atoms with Gasteiger partial charge in [-0.05, 0) is 19.4 Å². The Balaban J connectivity index is 1.91. The lowest BCUT2D eigenvalue weighted by Crippen LogP contribution is -2.47. The number of nitrogens with zero attached hydrogens (tertiary/aromatic N) is 1. The highest BCUT2D eigenvalue weighted by Crippen LogP contribution is 2.19. The van der Waals surface area contributed by atoms with E-state index in [2.05, 4.69) is 4.90 Å². The molecule has 112 valence electrons. The third kappa shape index (κ3) is 3.77. The third-order valence-electron chi connectivity index (χ3n) is 3.84. The summed E-state index contributed by atoms with van der Waals surface area (Å²) < 4.78 is 36.6. The van der Waals surface area contributed by atoms with Gasteiger partial charge in [-0.25, -0.2) is 12.8 Å². The van der Waals surface area contributed by atoms with Crippen molar-refractivity contribution in [3.8, 4) is 0 Å². The molecule has 1 aliphatic heterocycles. The van der Waals surface area contributed by atoms with Gasteiger partial charge in [0.2, 0.25) is 0 Å². The van der Waals surface area contributed by atoms with Gasteiger partial charge in [-0.2, -0.15) is 0 Å². The standard InChI is InChI=1S/C14H21FN2O2S/c1-11-10-20(18,19)9-8-17(11)7-6-14(16)12-4-2-3-5-13(12)15/h2-5,11,14H,6-10,16H2,1H3. The van der Waals surface area contributed by atoms with Gasteiger partial charge < -0.3 is 5.73 Å². The largest absolute Gasteiger partial charge is 0.324 e. The summed E-state index contributed by atoms with van der Waals surface area (Å²) in [5.41, 5.74) is 6.55. The number of hydrogen-bond donors (Lipinski definition) is 1. The molecule has 1 heterocycles. The third-order valence-corrected chi connectivity index (χ3v) is 5.63. The predicted octanol–water partition coefficient (Wildman–Crippen LogP) is 1.33. The molecule has 0 bridgehead atoms. The molecule has 0 amide bonds. The fourth-order valence-electron chi connectivity index (χ4n) is 2.60. The highest BCUT2D eigenvalue weighted by Gasteiger charge is 2.28. The zero-order valence-electron chi connectivity index (χ0n) is 11.6. The first kappa shape index (κ1) is 15.4. The molecule has 2 rings (SSSR count). The van der Waals surface area contributed by atoms with Gasteiger partial charge in [0.1, 0.15) is 5.82 Å². The van der Waals surface area contributed by atoms with Crippen LogP contribution in [0.2, 0.25) is 0 Å². The summed E-state index contributed by atoms with van der Waals surface area (Å²) in [7, 11) is -2.90. The van der Waals surface area contributed by atoms with Crippen molar-refractivity contribution in [2.24, 2.45) is 5.73 Å². The molecule has 2 unspecified atom stereocenters. The summed E-state index contributed by atoms with van der Waals surface area (Å²) in [6.07, 6.45) is 0.616. The number of hydrogen-bond acceptors (Lipinski definition) is 4. The average molecular weight is 300 g/mol. The molecule has 1 saturated heterocycles. The Kier molecular flexibility index (Phi) is 4.78. The monoisotopic (exact) mass is 300 g/mol. The van der Waals surface area contributed by atoms with E-state index in [4.69, 9.17) is 5.73 Å².